The first-order chi connectivity index (χ1) is 8.86. The van der Waals surface area contributed by atoms with Crippen LogP contribution in [0.1, 0.15) is 40.5 Å². The minimum atomic E-state index is -0.418. The highest BCUT2D eigenvalue weighted by Crippen LogP contribution is 2.29. The molecule has 1 heterocycles. The maximum Gasteiger partial charge on any atom is 0.253 e. The average Bonchev–Trinajstić information content (AvgIpc) is 3.02. The minimum absolute atomic E-state index is 0.0862. The quantitative estimate of drug-likeness (QED) is 0.889. The predicted octanol–water partition coefficient (Wildman–Crippen LogP) is 2.39. The van der Waals surface area contributed by atoms with Crippen molar-refractivity contribution >= 4 is 11.6 Å². The van der Waals surface area contributed by atoms with Crippen molar-refractivity contribution in [3.05, 3.63) is 12.4 Å². The van der Waals surface area contributed by atoms with Crippen LogP contribution in [0.25, 0.3) is 0 Å². The lowest BCUT2D eigenvalue weighted by molar-refractivity contribution is -0.126. The van der Waals surface area contributed by atoms with E-state index in [-0.39, 0.29) is 11.4 Å². The highest BCUT2D eigenvalue weighted by Gasteiger charge is 2.24. The molecule has 0 spiro atoms. The van der Waals surface area contributed by atoms with Crippen LogP contribution in [0.4, 0.5) is 5.69 Å². The molecule has 1 aliphatic carbocycles. The van der Waals surface area contributed by atoms with Crippen LogP contribution in [-0.2, 0) is 15.1 Å². The fourth-order valence-corrected chi connectivity index (χ4v) is 1.64. The molecule has 1 aromatic heterocycles. The number of hydrogen-bond donors (Lipinski definition) is 1. The van der Waals surface area contributed by atoms with Gasteiger partial charge in [-0.05, 0) is 46.5 Å². The summed E-state index contributed by atoms with van der Waals surface area (Å²) in [6.45, 7) is 8.66. The summed E-state index contributed by atoms with van der Waals surface area (Å²) in [5.41, 5.74) is 0.624. The maximum absolute atomic E-state index is 11.9. The van der Waals surface area contributed by atoms with Crippen molar-refractivity contribution in [2.45, 2.75) is 52.2 Å². The van der Waals surface area contributed by atoms with Gasteiger partial charge in [0.1, 0.15) is 6.10 Å². The van der Waals surface area contributed by atoms with Crippen LogP contribution in [0.15, 0.2) is 12.4 Å². The second kappa shape index (κ2) is 5.33. The van der Waals surface area contributed by atoms with Crippen LogP contribution >= 0.6 is 0 Å². The van der Waals surface area contributed by atoms with E-state index in [9.17, 15) is 4.79 Å². The van der Waals surface area contributed by atoms with Gasteiger partial charge in [-0.2, -0.15) is 5.10 Å². The molecule has 1 amide bonds. The lowest BCUT2D eigenvalue weighted by Crippen LogP contribution is -2.28. The van der Waals surface area contributed by atoms with E-state index in [0.29, 0.717) is 18.2 Å². The van der Waals surface area contributed by atoms with Gasteiger partial charge in [-0.25, -0.2) is 0 Å². The molecule has 1 N–H and O–H groups in total. The van der Waals surface area contributed by atoms with Crippen molar-refractivity contribution in [3.63, 3.8) is 0 Å². The third kappa shape index (κ3) is 4.06. The van der Waals surface area contributed by atoms with E-state index in [1.165, 1.54) is 12.8 Å². The lowest BCUT2D eigenvalue weighted by Gasteiger charge is -2.18. The van der Waals surface area contributed by atoms with Gasteiger partial charge in [-0.3, -0.25) is 9.48 Å². The summed E-state index contributed by atoms with van der Waals surface area (Å²) >= 11 is 0. The van der Waals surface area contributed by atoms with E-state index in [1.807, 2.05) is 10.9 Å². The molecule has 2 rings (SSSR count). The number of nitrogens with one attached hydrogen (secondary N) is 1. The second-order valence-corrected chi connectivity index (χ2v) is 6.25. The Balaban J connectivity index is 1.85. The third-order valence-electron chi connectivity index (χ3n) is 3.19. The summed E-state index contributed by atoms with van der Waals surface area (Å²) in [4.78, 5) is 11.9. The standard InChI is InChI=1S/C14H23N3O2/c1-10(19-9-11-5-6-11)13(18)16-12-7-15-17(8-12)14(2,3)4/h7-8,10-11H,5-6,9H2,1-4H3,(H,16,18). The van der Waals surface area contributed by atoms with Crippen LogP contribution in [-0.4, -0.2) is 28.4 Å². The second-order valence-electron chi connectivity index (χ2n) is 6.25. The van der Waals surface area contributed by atoms with Crippen molar-refractivity contribution in [3.8, 4) is 0 Å². The van der Waals surface area contributed by atoms with Gasteiger partial charge < -0.3 is 10.1 Å². The molecule has 1 fully saturated rings. The van der Waals surface area contributed by atoms with Gasteiger partial charge in [0, 0.05) is 6.20 Å². The average molecular weight is 265 g/mol. The molecule has 1 saturated carbocycles. The van der Waals surface area contributed by atoms with Crippen molar-refractivity contribution in [1.29, 1.82) is 0 Å². The van der Waals surface area contributed by atoms with Gasteiger partial charge in [-0.15, -0.1) is 0 Å². The number of carbonyl (C=O) groups excluding carboxylic acids is 1. The monoisotopic (exact) mass is 265 g/mol. The molecule has 1 atom stereocenters. The number of nitrogens with zero attached hydrogens (tertiary/aromatic N) is 2. The molecule has 19 heavy (non-hydrogen) atoms. The first kappa shape index (κ1) is 14.1. The van der Waals surface area contributed by atoms with Crippen molar-refractivity contribution in [2.75, 3.05) is 11.9 Å². The number of hydrogen-bond acceptors (Lipinski definition) is 3. The largest absolute Gasteiger partial charge is 0.368 e. The molecule has 0 aliphatic heterocycles. The molecule has 0 saturated heterocycles. The zero-order chi connectivity index (χ0) is 14.0. The van der Waals surface area contributed by atoms with Crippen LogP contribution in [0.3, 0.4) is 0 Å². The zero-order valence-electron chi connectivity index (χ0n) is 12.1. The Morgan fingerprint density at radius 2 is 2.26 bits per heavy atom. The Morgan fingerprint density at radius 3 is 2.79 bits per heavy atom. The summed E-state index contributed by atoms with van der Waals surface area (Å²) in [5, 5.41) is 7.08. The van der Waals surface area contributed by atoms with Gasteiger partial charge in [0.05, 0.1) is 24.0 Å². The number of carbonyl (C=O) groups is 1. The highest BCUT2D eigenvalue weighted by atomic mass is 16.5. The summed E-state index contributed by atoms with van der Waals surface area (Å²) < 4.78 is 7.37. The molecular formula is C14H23N3O2. The fourth-order valence-electron chi connectivity index (χ4n) is 1.64. The zero-order valence-corrected chi connectivity index (χ0v) is 12.1. The van der Waals surface area contributed by atoms with E-state index in [0.717, 1.165) is 0 Å². The Hall–Kier alpha value is -1.36. The van der Waals surface area contributed by atoms with Gasteiger partial charge in [0.25, 0.3) is 5.91 Å². The van der Waals surface area contributed by atoms with E-state index >= 15 is 0 Å². The number of amides is 1. The van der Waals surface area contributed by atoms with E-state index in [1.54, 1.807) is 13.1 Å². The fraction of sp³-hybridized carbons (Fsp3) is 0.714. The molecule has 106 valence electrons. The molecule has 0 aromatic carbocycles. The highest BCUT2D eigenvalue weighted by molar-refractivity contribution is 5.93. The smallest absolute Gasteiger partial charge is 0.253 e. The Morgan fingerprint density at radius 1 is 1.58 bits per heavy atom. The summed E-state index contributed by atoms with van der Waals surface area (Å²) in [6, 6.07) is 0. The molecule has 5 heteroatoms. The van der Waals surface area contributed by atoms with Gasteiger partial charge in [0.15, 0.2) is 0 Å². The molecule has 5 nitrogen and oxygen atoms in total. The number of anilines is 1. The van der Waals surface area contributed by atoms with Gasteiger partial charge >= 0.3 is 0 Å². The van der Waals surface area contributed by atoms with E-state index in [4.69, 9.17) is 4.74 Å². The summed E-state index contributed by atoms with van der Waals surface area (Å²) in [6.07, 6.45) is 5.54. The van der Waals surface area contributed by atoms with Crippen molar-refractivity contribution < 1.29 is 9.53 Å². The summed E-state index contributed by atoms with van der Waals surface area (Å²) in [5.74, 6) is 0.549. The number of rotatable bonds is 5. The molecule has 0 bridgehead atoms. The maximum atomic E-state index is 11.9. The SMILES string of the molecule is CC(OCC1CC1)C(=O)Nc1cnn(C(C)(C)C)c1. The van der Waals surface area contributed by atoms with E-state index in [2.05, 4.69) is 31.2 Å². The molecular weight excluding hydrogens is 242 g/mol. The Kier molecular flexibility index (Phi) is 3.94. The van der Waals surface area contributed by atoms with Gasteiger partial charge in [-0.1, -0.05) is 0 Å². The predicted molar refractivity (Wildman–Crippen MR) is 74.0 cm³/mol. The van der Waals surface area contributed by atoms with Crippen LogP contribution < -0.4 is 5.32 Å². The van der Waals surface area contributed by atoms with Crippen LogP contribution in [0.2, 0.25) is 0 Å². The molecule has 1 aromatic rings. The minimum Gasteiger partial charge on any atom is -0.368 e. The first-order valence-corrected chi connectivity index (χ1v) is 6.84. The third-order valence-corrected chi connectivity index (χ3v) is 3.19. The lowest BCUT2D eigenvalue weighted by atomic mass is 10.1. The number of ether oxygens (including phenoxy) is 1. The molecule has 1 unspecified atom stereocenters. The van der Waals surface area contributed by atoms with Crippen LogP contribution in [0.5, 0.6) is 0 Å². The topological polar surface area (TPSA) is 56.1 Å². The first-order valence-electron chi connectivity index (χ1n) is 6.84. The van der Waals surface area contributed by atoms with Gasteiger partial charge in [0.2, 0.25) is 0 Å². The normalized spacial score (nSPS) is 17.3. The number of aromatic nitrogens is 2. The van der Waals surface area contributed by atoms with Crippen molar-refractivity contribution in [2.24, 2.45) is 5.92 Å². The molecule has 0 radical (unpaired) electrons. The Bertz CT molecular complexity index is 444. The summed E-state index contributed by atoms with van der Waals surface area (Å²) in [7, 11) is 0. The Labute approximate surface area is 114 Å². The van der Waals surface area contributed by atoms with E-state index < -0.39 is 6.10 Å². The molecule has 1 aliphatic rings. The van der Waals surface area contributed by atoms with Crippen molar-refractivity contribution in [1.82, 2.24) is 9.78 Å². The van der Waals surface area contributed by atoms with Crippen LogP contribution in [0, 0.1) is 5.92 Å².